The Morgan fingerprint density at radius 3 is 3.00 bits per heavy atom. The third-order valence-corrected chi connectivity index (χ3v) is 3.74. The quantitative estimate of drug-likeness (QED) is 0.755. The van der Waals surface area contributed by atoms with E-state index >= 15 is 0 Å². The predicted molar refractivity (Wildman–Crippen MR) is 60.0 cm³/mol. The molecule has 0 aromatic carbocycles. The van der Waals surface area contributed by atoms with Crippen molar-refractivity contribution in [2.24, 2.45) is 5.92 Å². The van der Waals surface area contributed by atoms with Gasteiger partial charge in [0, 0.05) is 19.2 Å². The van der Waals surface area contributed by atoms with Crippen molar-refractivity contribution in [1.82, 2.24) is 5.32 Å². The Labute approximate surface area is 92.5 Å². The molecule has 3 heteroatoms. The molecule has 3 unspecified atom stereocenters. The number of rotatable bonds is 2. The Morgan fingerprint density at radius 2 is 2.40 bits per heavy atom. The fraction of sp³-hybridized carbons (Fsp3) is 1.00. The van der Waals surface area contributed by atoms with E-state index in [4.69, 9.17) is 9.47 Å². The lowest BCUT2D eigenvalue weighted by atomic mass is 9.76. The van der Waals surface area contributed by atoms with Crippen LogP contribution in [0.1, 0.15) is 32.6 Å². The van der Waals surface area contributed by atoms with Gasteiger partial charge >= 0.3 is 0 Å². The lowest BCUT2D eigenvalue weighted by molar-refractivity contribution is -0.0761. The highest BCUT2D eigenvalue weighted by Gasteiger charge is 2.38. The van der Waals surface area contributed by atoms with Gasteiger partial charge in [0.2, 0.25) is 0 Å². The monoisotopic (exact) mass is 213 g/mol. The van der Waals surface area contributed by atoms with E-state index in [1.165, 1.54) is 25.7 Å². The summed E-state index contributed by atoms with van der Waals surface area (Å²) < 4.78 is 11.0. The first kappa shape index (κ1) is 11.4. The molecule has 1 spiro atoms. The van der Waals surface area contributed by atoms with E-state index in [0.29, 0.717) is 6.61 Å². The minimum absolute atomic E-state index is 0.248. The summed E-state index contributed by atoms with van der Waals surface area (Å²) in [6.45, 7) is 4.87. The summed E-state index contributed by atoms with van der Waals surface area (Å²) in [4.78, 5) is 0. The molecule has 0 amide bonds. The van der Waals surface area contributed by atoms with Gasteiger partial charge in [-0.3, -0.25) is 0 Å². The highest BCUT2D eigenvalue weighted by atomic mass is 16.5. The van der Waals surface area contributed by atoms with Crippen LogP contribution in [0.25, 0.3) is 0 Å². The smallest absolute Gasteiger partial charge is 0.0933 e. The first-order valence-electron chi connectivity index (χ1n) is 6.10. The van der Waals surface area contributed by atoms with Crippen molar-refractivity contribution in [3.63, 3.8) is 0 Å². The molecular weight excluding hydrogens is 190 g/mol. The highest BCUT2D eigenvalue weighted by molar-refractivity contribution is 4.96. The molecule has 0 aromatic rings. The van der Waals surface area contributed by atoms with E-state index in [-0.39, 0.29) is 11.6 Å². The third kappa shape index (κ3) is 2.71. The molecule has 2 rings (SSSR count). The van der Waals surface area contributed by atoms with Crippen molar-refractivity contribution >= 4 is 0 Å². The summed E-state index contributed by atoms with van der Waals surface area (Å²) in [7, 11) is 1.73. The minimum atomic E-state index is 0.248. The maximum absolute atomic E-state index is 5.87. The van der Waals surface area contributed by atoms with Crippen LogP contribution in [0.5, 0.6) is 0 Å². The summed E-state index contributed by atoms with van der Waals surface area (Å²) in [6.07, 6.45) is 5.51. The number of morpholine rings is 1. The fourth-order valence-electron chi connectivity index (χ4n) is 2.96. The van der Waals surface area contributed by atoms with Gasteiger partial charge in [-0.05, 0) is 18.8 Å². The van der Waals surface area contributed by atoms with Gasteiger partial charge in [0.05, 0.1) is 19.3 Å². The standard InChI is InChI=1S/C12H23NO2/c1-10-4-3-5-12(6-10)9-15-11(7-13-12)8-14-2/h10-11,13H,3-9H2,1-2H3. The third-order valence-electron chi connectivity index (χ3n) is 3.74. The molecule has 3 nitrogen and oxygen atoms in total. The molecule has 3 atom stereocenters. The summed E-state index contributed by atoms with van der Waals surface area (Å²) in [5.74, 6) is 0.842. The normalized spacial score (nSPS) is 42.0. The van der Waals surface area contributed by atoms with Crippen LogP contribution in [0, 0.1) is 5.92 Å². The molecule has 1 aliphatic heterocycles. The SMILES string of the molecule is COCC1CNC2(CCCC(C)C2)CO1. The summed E-state index contributed by atoms with van der Waals surface area (Å²) in [6, 6.07) is 0. The van der Waals surface area contributed by atoms with Crippen molar-refractivity contribution < 1.29 is 9.47 Å². The maximum atomic E-state index is 5.87. The molecule has 0 radical (unpaired) electrons. The second-order valence-electron chi connectivity index (χ2n) is 5.25. The first-order valence-corrected chi connectivity index (χ1v) is 6.10. The zero-order valence-corrected chi connectivity index (χ0v) is 9.92. The molecule has 2 fully saturated rings. The second kappa shape index (κ2) is 4.81. The van der Waals surface area contributed by atoms with Gasteiger partial charge in [-0.2, -0.15) is 0 Å². The van der Waals surface area contributed by atoms with Crippen LogP contribution < -0.4 is 5.32 Å². The predicted octanol–water partition coefficient (Wildman–Crippen LogP) is 1.57. The first-order chi connectivity index (χ1) is 7.24. The van der Waals surface area contributed by atoms with Crippen LogP contribution >= 0.6 is 0 Å². The van der Waals surface area contributed by atoms with Crippen molar-refractivity contribution in [2.75, 3.05) is 26.9 Å². The van der Waals surface area contributed by atoms with Gasteiger partial charge in [0.15, 0.2) is 0 Å². The van der Waals surface area contributed by atoms with Gasteiger partial charge in [-0.25, -0.2) is 0 Å². The number of hydrogen-bond acceptors (Lipinski definition) is 3. The Kier molecular flexibility index (Phi) is 3.65. The van der Waals surface area contributed by atoms with Gasteiger partial charge in [0.25, 0.3) is 0 Å². The van der Waals surface area contributed by atoms with Gasteiger partial charge in [-0.1, -0.05) is 19.8 Å². The molecule has 0 aromatic heterocycles. The largest absolute Gasteiger partial charge is 0.382 e. The molecule has 15 heavy (non-hydrogen) atoms. The number of nitrogens with one attached hydrogen (secondary N) is 1. The van der Waals surface area contributed by atoms with Crippen molar-refractivity contribution in [3.05, 3.63) is 0 Å². The van der Waals surface area contributed by atoms with Crippen molar-refractivity contribution in [3.8, 4) is 0 Å². The zero-order chi connectivity index (χ0) is 10.7. The molecular formula is C12H23NO2. The van der Waals surface area contributed by atoms with Crippen LogP contribution in [0.2, 0.25) is 0 Å². The van der Waals surface area contributed by atoms with Crippen LogP contribution in [-0.2, 0) is 9.47 Å². The Balaban J connectivity index is 1.85. The number of ether oxygens (including phenoxy) is 2. The van der Waals surface area contributed by atoms with E-state index in [2.05, 4.69) is 12.2 Å². The van der Waals surface area contributed by atoms with Gasteiger partial charge < -0.3 is 14.8 Å². The van der Waals surface area contributed by atoms with E-state index in [9.17, 15) is 0 Å². The molecule has 1 saturated carbocycles. The second-order valence-corrected chi connectivity index (χ2v) is 5.25. The Hall–Kier alpha value is -0.120. The fourth-order valence-corrected chi connectivity index (χ4v) is 2.96. The van der Waals surface area contributed by atoms with E-state index in [1.807, 2.05) is 0 Å². The maximum Gasteiger partial charge on any atom is 0.0933 e. The average Bonchev–Trinajstić information content (AvgIpc) is 2.22. The van der Waals surface area contributed by atoms with E-state index in [0.717, 1.165) is 19.1 Å². The summed E-state index contributed by atoms with van der Waals surface area (Å²) in [5, 5.41) is 3.69. The van der Waals surface area contributed by atoms with Crippen LogP contribution in [0.4, 0.5) is 0 Å². The highest BCUT2D eigenvalue weighted by Crippen LogP contribution is 2.34. The Morgan fingerprint density at radius 1 is 1.53 bits per heavy atom. The van der Waals surface area contributed by atoms with Gasteiger partial charge in [-0.15, -0.1) is 0 Å². The van der Waals surface area contributed by atoms with Crippen LogP contribution in [-0.4, -0.2) is 38.5 Å². The average molecular weight is 213 g/mol. The van der Waals surface area contributed by atoms with E-state index in [1.54, 1.807) is 7.11 Å². The molecule has 88 valence electrons. The van der Waals surface area contributed by atoms with Crippen molar-refractivity contribution in [2.45, 2.75) is 44.2 Å². The summed E-state index contributed by atoms with van der Waals surface area (Å²) >= 11 is 0. The number of methoxy groups -OCH3 is 1. The molecule has 1 heterocycles. The molecule has 2 aliphatic rings. The topological polar surface area (TPSA) is 30.5 Å². The van der Waals surface area contributed by atoms with Crippen LogP contribution in [0.3, 0.4) is 0 Å². The molecule has 0 bridgehead atoms. The van der Waals surface area contributed by atoms with Crippen LogP contribution in [0.15, 0.2) is 0 Å². The van der Waals surface area contributed by atoms with E-state index < -0.39 is 0 Å². The van der Waals surface area contributed by atoms with Crippen molar-refractivity contribution in [1.29, 1.82) is 0 Å². The molecule has 1 aliphatic carbocycles. The zero-order valence-electron chi connectivity index (χ0n) is 9.92. The lowest BCUT2D eigenvalue weighted by Crippen LogP contribution is -2.59. The number of hydrogen-bond donors (Lipinski definition) is 1. The van der Waals surface area contributed by atoms with Gasteiger partial charge in [0.1, 0.15) is 0 Å². The lowest BCUT2D eigenvalue weighted by Gasteiger charge is -2.45. The molecule has 1 saturated heterocycles. The Bertz CT molecular complexity index is 200. The molecule has 1 N–H and O–H groups in total. The summed E-state index contributed by atoms with van der Waals surface area (Å²) in [5.41, 5.74) is 0.280. The minimum Gasteiger partial charge on any atom is -0.382 e.